The van der Waals surface area contributed by atoms with E-state index in [-0.39, 0.29) is 96.6 Å². The zero-order valence-corrected chi connectivity index (χ0v) is 45.0. The summed E-state index contributed by atoms with van der Waals surface area (Å²) in [6.45, 7) is 5.75. The monoisotopic (exact) mass is 1070 g/mol. The first-order chi connectivity index (χ1) is 36.0. The van der Waals surface area contributed by atoms with E-state index in [2.05, 4.69) is 37.2 Å². The van der Waals surface area contributed by atoms with Crippen LogP contribution in [0.2, 0.25) is 0 Å². The summed E-state index contributed by atoms with van der Waals surface area (Å²) in [7, 11) is 1.56. The molecule has 0 saturated carbocycles. The molecule has 1 aliphatic heterocycles. The van der Waals surface area contributed by atoms with Gasteiger partial charge in [0, 0.05) is 44.1 Å². The molecule has 6 amide bonds. The molecule has 19 N–H and O–H groups in total. The topological polar surface area (TPSA) is 425 Å². The van der Waals surface area contributed by atoms with Gasteiger partial charge in [0.15, 0.2) is 23.1 Å². The van der Waals surface area contributed by atoms with E-state index in [9.17, 15) is 58.2 Å². The predicted octanol–water partition coefficient (Wildman–Crippen LogP) is -3.39. The first-order valence-electron chi connectivity index (χ1n) is 26.5. The number of carbonyl (C=O) groups excluding carboxylic acids is 10. The summed E-state index contributed by atoms with van der Waals surface area (Å²) in [5.74, 6) is -12.3. The lowest BCUT2D eigenvalue weighted by Gasteiger charge is -2.28. The fraction of sp³-hybridized carbons (Fsp3) is 0.692. The molecule has 0 aliphatic carbocycles. The molecule has 0 unspecified atom stereocenters. The van der Waals surface area contributed by atoms with Crippen molar-refractivity contribution < 1.29 is 58.2 Å². The number of hydrogen-bond acceptors (Lipinski definition) is 18. The standard InChI is InChI=1S/C52H88N12O12/c1-29(2)23-42-52(76)63-41(15-21-57)51(75)62-40(14-20-56)46(70)27-35(30(3)65)49(73)59-22-16-33(25-43(67)39(13-19-55)61-50(74)36(31(4)66)28-45(69)37(58-5)11-17-53)47(71)60-38(12-18-54)44(68)26-34(48(72)64-42)24-32-9-7-6-8-10-32/h6-10,29-31,33-42,58,65-66H,11-28,53-57H2,1-5H3,(H,59,73)(H,60,71)(H,61,74)(H,62,75)(H,63,76)(H,64,72)/t30-,31-,33-,34+,35+,36+,37+,38+,39+,40+,41+,42+/m1/s1. The number of likely N-dealkylation sites (N-methyl/N-ethyl adjacent to an activating group) is 1. The lowest BCUT2D eigenvalue weighted by Crippen LogP contribution is -2.57. The third-order valence-electron chi connectivity index (χ3n) is 13.5. The summed E-state index contributed by atoms with van der Waals surface area (Å²) in [4.78, 5) is 140. The van der Waals surface area contributed by atoms with Gasteiger partial charge in [-0.2, -0.15) is 0 Å². The molecule has 0 spiro atoms. The maximum absolute atomic E-state index is 14.5. The fourth-order valence-electron chi connectivity index (χ4n) is 9.05. The van der Waals surface area contributed by atoms with Crippen molar-refractivity contribution in [2.24, 2.45) is 58.3 Å². The summed E-state index contributed by atoms with van der Waals surface area (Å²) >= 11 is 0. The number of aliphatic hydroxyl groups is 2. The van der Waals surface area contributed by atoms with E-state index in [1.54, 1.807) is 37.4 Å². The van der Waals surface area contributed by atoms with Crippen molar-refractivity contribution in [3.63, 3.8) is 0 Å². The van der Waals surface area contributed by atoms with Crippen LogP contribution >= 0.6 is 0 Å². The van der Waals surface area contributed by atoms with Crippen molar-refractivity contribution in [2.45, 2.75) is 153 Å². The Morgan fingerprint density at radius 1 is 0.632 bits per heavy atom. The van der Waals surface area contributed by atoms with Crippen LogP contribution in [0, 0.1) is 29.6 Å². The molecule has 76 heavy (non-hydrogen) atoms. The van der Waals surface area contributed by atoms with Crippen molar-refractivity contribution in [1.82, 2.24) is 37.2 Å². The van der Waals surface area contributed by atoms with Crippen LogP contribution in [0.4, 0.5) is 0 Å². The third-order valence-corrected chi connectivity index (χ3v) is 13.5. The Balaban J connectivity index is 2.74. The smallest absolute Gasteiger partial charge is 0.243 e. The average molecular weight is 1070 g/mol. The molecule has 1 aromatic rings. The minimum atomic E-state index is -1.41. The van der Waals surface area contributed by atoms with Crippen LogP contribution in [-0.4, -0.2) is 164 Å². The van der Waals surface area contributed by atoms with Crippen LogP contribution in [0.15, 0.2) is 30.3 Å². The molecule has 0 aromatic heterocycles. The van der Waals surface area contributed by atoms with Crippen LogP contribution in [-0.2, 0) is 54.4 Å². The number of benzene rings is 1. The van der Waals surface area contributed by atoms with Crippen LogP contribution in [0.5, 0.6) is 0 Å². The van der Waals surface area contributed by atoms with Gasteiger partial charge in [-0.25, -0.2) is 0 Å². The van der Waals surface area contributed by atoms with Crippen molar-refractivity contribution in [2.75, 3.05) is 46.3 Å². The van der Waals surface area contributed by atoms with E-state index in [0.29, 0.717) is 5.56 Å². The number of carbonyl (C=O) groups is 10. The second kappa shape index (κ2) is 34.9. The quantitative estimate of drug-likeness (QED) is 0.0454. The molecule has 0 radical (unpaired) electrons. The number of nitrogens with one attached hydrogen (secondary N) is 7. The Kier molecular flexibility index (Phi) is 30.6. The van der Waals surface area contributed by atoms with Crippen LogP contribution in [0.1, 0.15) is 104 Å². The molecule has 1 aliphatic rings. The number of rotatable bonds is 25. The Labute approximate surface area is 446 Å². The predicted molar refractivity (Wildman–Crippen MR) is 284 cm³/mol. The highest BCUT2D eigenvalue weighted by molar-refractivity contribution is 5.98. The van der Waals surface area contributed by atoms with Gasteiger partial charge in [0.05, 0.1) is 48.2 Å². The van der Waals surface area contributed by atoms with Gasteiger partial charge < -0.3 is 76.1 Å². The number of nitrogens with two attached hydrogens (primary N) is 5. The molecular weight excluding hydrogens is 985 g/mol. The Morgan fingerprint density at radius 3 is 1.68 bits per heavy atom. The number of aliphatic hydroxyl groups excluding tert-OH is 2. The number of amides is 6. The highest BCUT2D eigenvalue weighted by Gasteiger charge is 2.38. The van der Waals surface area contributed by atoms with Crippen molar-refractivity contribution >= 4 is 58.6 Å². The summed E-state index contributed by atoms with van der Waals surface area (Å²) in [6.07, 6.45) is -4.99. The maximum Gasteiger partial charge on any atom is 0.243 e. The lowest BCUT2D eigenvalue weighted by molar-refractivity contribution is -0.137. The number of hydrogen-bond donors (Lipinski definition) is 14. The molecule has 1 heterocycles. The van der Waals surface area contributed by atoms with E-state index in [1.165, 1.54) is 13.8 Å². The zero-order chi connectivity index (χ0) is 57.1. The second-order valence-electron chi connectivity index (χ2n) is 20.2. The van der Waals surface area contributed by atoms with Crippen LogP contribution < -0.4 is 65.9 Å². The van der Waals surface area contributed by atoms with E-state index in [0.717, 1.165) is 0 Å². The maximum atomic E-state index is 14.5. The second-order valence-corrected chi connectivity index (χ2v) is 20.2. The van der Waals surface area contributed by atoms with Crippen molar-refractivity contribution in [3.8, 4) is 0 Å². The van der Waals surface area contributed by atoms with E-state index < -0.39 is 156 Å². The van der Waals surface area contributed by atoms with E-state index in [4.69, 9.17) is 28.7 Å². The van der Waals surface area contributed by atoms with Crippen LogP contribution in [0.3, 0.4) is 0 Å². The molecule has 0 bridgehead atoms. The lowest BCUT2D eigenvalue weighted by atomic mass is 9.89. The Bertz CT molecular complexity index is 2060. The average Bonchev–Trinajstić information content (AvgIpc) is 3.36. The highest BCUT2D eigenvalue weighted by Crippen LogP contribution is 2.21. The van der Waals surface area contributed by atoms with E-state index in [1.807, 2.05) is 13.8 Å². The largest absolute Gasteiger partial charge is 0.393 e. The first kappa shape index (κ1) is 66.5. The molecule has 2 rings (SSSR count). The van der Waals surface area contributed by atoms with Gasteiger partial charge in [-0.3, -0.25) is 47.9 Å². The van der Waals surface area contributed by atoms with Gasteiger partial charge in [-0.05, 0) is 116 Å². The van der Waals surface area contributed by atoms with Gasteiger partial charge in [0.25, 0.3) is 0 Å². The van der Waals surface area contributed by atoms with Gasteiger partial charge in [0.2, 0.25) is 35.4 Å². The summed E-state index contributed by atoms with van der Waals surface area (Å²) in [5.41, 5.74) is 30.0. The third kappa shape index (κ3) is 22.5. The van der Waals surface area contributed by atoms with E-state index >= 15 is 0 Å². The molecule has 1 saturated heterocycles. The van der Waals surface area contributed by atoms with Gasteiger partial charge in [-0.15, -0.1) is 0 Å². The number of Topliss-reactive ketones (excluding diaryl/α,β-unsaturated/α-hetero) is 4. The molecule has 1 aromatic carbocycles. The Morgan fingerprint density at radius 2 is 1.14 bits per heavy atom. The normalized spacial score (nSPS) is 24.2. The molecule has 24 nitrogen and oxygen atoms in total. The summed E-state index contributed by atoms with van der Waals surface area (Å²) in [5, 5.41) is 40.3. The summed E-state index contributed by atoms with van der Waals surface area (Å²) < 4.78 is 0. The molecular formula is C52H88N12O12. The minimum Gasteiger partial charge on any atom is -0.393 e. The molecule has 1 fully saturated rings. The molecule has 24 heteroatoms. The van der Waals surface area contributed by atoms with Crippen molar-refractivity contribution in [1.29, 1.82) is 0 Å². The SMILES string of the molecule is CN[C@@H](CCN)C(=O)C[C@H](C(=O)N[C@@H](CCN)C(=O)C[C@H]1CCNC(=O)[C@H]([C@@H](C)O)CC(=O)[C@H](CCN)NC(=O)[C@H](CCN)NC(=O)[C@H](CC(C)C)NC(=O)[C@@H](Cc2ccccc2)CC(=O)[C@H](CCN)NC1=O)[C@@H](C)O. The minimum absolute atomic E-state index is 0.0267. The zero-order valence-electron chi connectivity index (χ0n) is 45.0. The summed E-state index contributed by atoms with van der Waals surface area (Å²) in [6, 6.07) is 1.70. The van der Waals surface area contributed by atoms with Crippen molar-refractivity contribution in [3.05, 3.63) is 35.9 Å². The highest BCUT2D eigenvalue weighted by atomic mass is 16.3. The van der Waals surface area contributed by atoms with Crippen LogP contribution in [0.25, 0.3) is 0 Å². The van der Waals surface area contributed by atoms with Gasteiger partial charge >= 0.3 is 0 Å². The first-order valence-corrected chi connectivity index (χ1v) is 26.5. The van der Waals surface area contributed by atoms with Gasteiger partial charge in [-0.1, -0.05) is 44.2 Å². The molecule has 428 valence electrons. The molecule has 12 atom stereocenters. The number of ketones is 4. The Hall–Kier alpha value is -5.60. The van der Waals surface area contributed by atoms with Gasteiger partial charge in [0.1, 0.15) is 12.1 Å². The fourth-order valence-corrected chi connectivity index (χ4v) is 9.05.